The van der Waals surface area contributed by atoms with Gasteiger partial charge < -0.3 is 4.74 Å². The Hall–Kier alpha value is -4.42. The second-order valence-corrected chi connectivity index (χ2v) is 14.7. The maximum Gasteiger partial charge on any atom is 0.234 e. The topological polar surface area (TPSA) is 43.4 Å². The largest absolute Gasteiger partial charge is 0.496 e. The molecular weight excluding hydrogens is 566 g/mol. The summed E-state index contributed by atoms with van der Waals surface area (Å²) in [4.78, 5) is 27.8. The third-order valence-corrected chi connectivity index (χ3v) is 12.8. The lowest BCUT2D eigenvalue weighted by molar-refractivity contribution is -0.131. The van der Waals surface area contributed by atoms with E-state index in [-0.39, 0.29) is 5.78 Å². The van der Waals surface area contributed by atoms with Gasteiger partial charge in [0.2, 0.25) is 11.6 Å². The van der Waals surface area contributed by atoms with Gasteiger partial charge in [0.05, 0.1) is 7.11 Å². The van der Waals surface area contributed by atoms with E-state index in [0.29, 0.717) is 23.1 Å². The van der Waals surface area contributed by atoms with Crippen molar-refractivity contribution in [2.75, 3.05) is 7.11 Å². The van der Waals surface area contributed by atoms with Crippen LogP contribution in [-0.4, -0.2) is 18.7 Å². The number of hydrogen-bond acceptors (Lipinski definition) is 3. The fourth-order valence-corrected chi connectivity index (χ4v) is 10.8. The first-order valence-electron chi connectivity index (χ1n) is 14.2. The van der Waals surface area contributed by atoms with Crippen LogP contribution in [0.2, 0.25) is 0 Å². The van der Waals surface area contributed by atoms with E-state index in [1.165, 1.54) is 10.6 Å². The standard InChI is InChI=1S/C38H28O3P2/c1-41-32-23-14-24-33(42(26-15-6-2-7-16-26)27-17-8-3-9-18-27)35(32)34-30-25-31(30)36(39)37(40)38(34)43(28-19-10-4-11-20-28)29-21-12-5-13-22-29/h2-24H,25H2,1H3. The van der Waals surface area contributed by atoms with E-state index < -0.39 is 21.6 Å². The molecule has 0 saturated carbocycles. The van der Waals surface area contributed by atoms with Crippen LogP contribution >= 0.6 is 15.8 Å². The summed E-state index contributed by atoms with van der Waals surface area (Å²) in [5, 5.41) is 6.18. The molecule has 43 heavy (non-hydrogen) atoms. The Labute approximate surface area is 254 Å². The lowest BCUT2D eigenvalue weighted by Crippen LogP contribution is -2.27. The Morgan fingerprint density at radius 2 is 0.977 bits per heavy atom. The smallest absolute Gasteiger partial charge is 0.234 e. The minimum Gasteiger partial charge on any atom is -0.496 e. The van der Waals surface area contributed by atoms with Crippen molar-refractivity contribution >= 4 is 59.5 Å². The molecule has 0 unspecified atom stereocenters. The third-order valence-electron chi connectivity index (χ3n) is 7.82. The van der Waals surface area contributed by atoms with E-state index in [9.17, 15) is 9.59 Å². The molecule has 0 aromatic heterocycles. The van der Waals surface area contributed by atoms with Gasteiger partial charge in [0, 0.05) is 28.4 Å². The van der Waals surface area contributed by atoms with Crippen LogP contribution in [0.3, 0.4) is 0 Å². The fourth-order valence-electron chi connectivity index (χ4n) is 5.84. The number of carbonyl (C=O) groups excluding carboxylic acids is 2. The number of Topliss-reactive ketones (excluding diaryl/α,β-unsaturated/α-hetero) is 2. The summed E-state index contributed by atoms with van der Waals surface area (Å²) in [5.41, 5.74) is 3.41. The minimum absolute atomic E-state index is 0.363. The quantitative estimate of drug-likeness (QED) is 0.123. The molecule has 0 saturated heterocycles. The molecule has 0 N–H and O–H groups in total. The van der Waals surface area contributed by atoms with Crippen LogP contribution in [0.25, 0.3) is 5.57 Å². The number of ether oxygens (including phenoxy) is 1. The van der Waals surface area contributed by atoms with Crippen molar-refractivity contribution in [3.63, 3.8) is 0 Å². The van der Waals surface area contributed by atoms with Crippen molar-refractivity contribution in [3.8, 4) is 5.75 Å². The molecule has 0 spiro atoms. The Morgan fingerprint density at radius 3 is 1.44 bits per heavy atom. The van der Waals surface area contributed by atoms with E-state index in [1.807, 2.05) is 60.7 Å². The molecule has 0 aliphatic heterocycles. The molecule has 0 atom stereocenters. The van der Waals surface area contributed by atoms with Gasteiger partial charge in [0.1, 0.15) is 5.75 Å². The first kappa shape index (κ1) is 27.4. The summed E-state index contributed by atoms with van der Waals surface area (Å²) in [6, 6.07) is 47.5. The minimum atomic E-state index is -1.33. The van der Waals surface area contributed by atoms with E-state index in [4.69, 9.17) is 4.74 Å². The lowest BCUT2D eigenvalue weighted by atomic mass is 9.96. The predicted octanol–water partition coefficient (Wildman–Crippen LogP) is 6.15. The van der Waals surface area contributed by atoms with Gasteiger partial charge >= 0.3 is 0 Å². The number of hydrogen-bond donors (Lipinski definition) is 0. The zero-order valence-corrected chi connectivity index (χ0v) is 25.4. The number of allylic oxidation sites excluding steroid dienone is 4. The molecule has 0 heterocycles. The first-order chi connectivity index (χ1) is 21.2. The summed E-state index contributed by atoms with van der Waals surface area (Å²) in [6.07, 6.45) is 0.530. The Kier molecular flexibility index (Phi) is 7.45. The van der Waals surface area contributed by atoms with Crippen LogP contribution in [0.1, 0.15) is 12.0 Å². The van der Waals surface area contributed by atoms with Crippen LogP contribution in [-0.2, 0) is 9.59 Å². The van der Waals surface area contributed by atoms with Gasteiger partial charge in [-0.25, -0.2) is 0 Å². The van der Waals surface area contributed by atoms with Crippen LogP contribution in [0.4, 0.5) is 0 Å². The lowest BCUT2D eigenvalue weighted by Gasteiger charge is -2.29. The monoisotopic (exact) mass is 594 g/mol. The summed E-state index contributed by atoms with van der Waals surface area (Å²) in [7, 11) is -0.655. The van der Waals surface area contributed by atoms with Gasteiger partial charge in [0.15, 0.2) is 0 Å². The normalized spacial score (nSPS) is 14.4. The predicted molar refractivity (Wildman–Crippen MR) is 179 cm³/mol. The zero-order valence-electron chi connectivity index (χ0n) is 23.6. The Balaban J connectivity index is 1.57. The molecular formula is C38H28O3P2. The second kappa shape index (κ2) is 11.7. The highest BCUT2D eigenvalue weighted by Crippen LogP contribution is 2.58. The van der Waals surface area contributed by atoms with Crippen molar-refractivity contribution in [3.05, 3.63) is 162 Å². The van der Waals surface area contributed by atoms with Crippen LogP contribution in [0.5, 0.6) is 5.75 Å². The van der Waals surface area contributed by atoms with Crippen molar-refractivity contribution in [2.24, 2.45) is 0 Å². The average molecular weight is 595 g/mol. The fraction of sp³-hybridized carbons (Fsp3) is 0.0526. The second-order valence-electron chi connectivity index (χ2n) is 10.4. The molecule has 0 fully saturated rings. The maximum absolute atomic E-state index is 14.3. The van der Waals surface area contributed by atoms with E-state index in [0.717, 1.165) is 32.6 Å². The van der Waals surface area contributed by atoms with Crippen molar-refractivity contribution < 1.29 is 14.3 Å². The molecule has 5 aromatic rings. The van der Waals surface area contributed by atoms with Crippen LogP contribution in [0, 0.1) is 0 Å². The molecule has 0 radical (unpaired) electrons. The average Bonchev–Trinajstić information content (AvgIpc) is 3.87. The summed E-state index contributed by atoms with van der Waals surface area (Å²) in [5.74, 6) is -0.0510. The molecule has 5 heteroatoms. The number of carbonyl (C=O) groups is 2. The van der Waals surface area contributed by atoms with Crippen molar-refractivity contribution in [1.29, 1.82) is 0 Å². The number of ketones is 2. The van der Waals surface area contributed by atoms with Crippen LogP contribution in [0.15, 0.2) is 156 Å². The van der Waals surface area contributed by atoms with E-state index >= 15 is 0 Å². The van der Waals surface area contributed by atoms with Gasteiger partial charge in [-0.15, -0.1) is 0 Å². The molecule has 7 rings (SSSR count). The molecule has 2 aliphatic carbocycles. The van der Waals surface area contributed by atoms with Gasteiger partial charge in [-0.3, -0.25) is 9.59 Å². The van der Waals surface area contributed by atoms with Gasteiger partial charge in [-0.2, -0.15) is 0 Å². The molecule has 208 valence electrons. The molecule has 0 bridgehead atoms. The Bertz CT molecular complexity index is 1820. The molecule has 2 aliphatic rings. The van der Waals surface area contributed by atoms with Crippen molar-refractivity contribution in [2.45, 2.75) is 6.42 Å². The molecule has 0 amide bonds. The van der Waals surface area contributed by atoms with E-state index in [2.05, 4.69) is 78.9 Å². The third kappa shape index (κ3) is 5.00. The highest BCUT2D eigenvalue weighted by Gasteiger charge is 2.47. The van der Waals surface area contributed by atoms with Crippen molar-refractivity contribution in [1.82, 2.24) is 0 Å². The number of rotatable bonds is 8. The first-order valence-corrected chi connectivity index (χ1v) is 16.9. The van der Waals surface area contributed by atoms with E-state index in [1.54, 1.807) is 7.11 Å². The van der Waals surface area contributed by atoms with Gasteiger partial charge in [0.25, 0.3) is 0 Å². The molecule has 5 aromatic carbocycles. The zero-order chi connectivity index (χ0) is 29.3. The number of methoxy groups -OCH3 is 1. The highest BCUT2D eigenvalue weighted by atomic mass is 31.1. The highest BCUT2D eigenvalue weighted by molar-refractivity contribution is 7.80. The summed E-state index contributed by atoms with van der Waals surface area (Å²) in [6.45, 7) is 0. The molecule has 3 nitrogen and oxygen atoms in total. The Morgan fingerprint density at radius 1 is 0.512 bits per heavy atom. The van der Waals surface area contributed by atoms with Gasteiger partial charge in [-0.05, 0) is 54.0 Å². The summed E-state index contributed by atoms with van der Waals surface area (Å²) >= 11 is 0. The number of benzene rings is 5. The maximum atomic E-state index is 14.3. The van der Waals surface area contributed by atoms with Gasteiger partial charge in [-0.1, -0.05) is 133 Å². The van der Waals surface area contributed by atoms with Crippen LogP contribution < -0.4 is 31.3 Å². The SMILES string of the molecule is COc1cccc(P(c2ccccc2)c2ccccc2)c1C1=C(P(c2ccccc2)c2ccccc2)C(=O)C(=O)C2=C1C2. The summed E-state index contributed by atoms with van der Waals surface area (Å²) < 4.78 is 6.09.